The molecule has 1 atom stereocenters. The van der Waals surface area contributed by atoms with Crippen LogP contribution in [0.4, 0.5) is 10.5 Å². The monoisotopic (exact) mass is 219 g/mol. The first-order valence-electron chi connectivity index (χ1n) is 5.48. The Bertz CT molecular complexity index is 417. The van der Waals surface area contributed by atoms with Crippen molar-refractivity contribution >= 4 is 11.7 Å². The molecule has 1 unspecified atom stereocenters. The van der Waals surface area contributed by atoms with Crippen LogP contribution in [0.25, 0.3) is 0 Å². The maximum atomic E-state index is 11.8. The number of hydrogen-bond acceptors (Lipinski definition) is 2. The van der Waals surface area contributed by atoms with Crippen LogP contribution in [-0.4, -0.2) is 25.2 Å². The first-order chi connectivity index (χ1) is 7.63. The summed E-state index contributed by atoms with van der Waals surface area (Å²) < 4.78 is 0. The van der Waals surface area contributed by atoms with Gasteiger partial charge in [0.2, 0.25) is 0 Å². The Kier molecular flexibility index (Phi) is 2.83. The Morgan fingerprint density at radius 3 is 2.88 bits per heavy atom. The fraction of sp³-hybridized carbons (Fsp3) is 0.417. The maximum Gasteiger partial charge on any atom is 0.322 e. The number of carbonyl (C=O) groups is 1. The number of anilines is 1. The average Bonchev–Trinajstić information content (AvgIpc) is 2.64. The second-order valence-electron chi connectivity index (χ2n) is 4.21. The SMILES string of the molecule is Cc1cccc(N2CC(CN)NC2=O)c1C. The molecule has 1 fully saturated rings. The fourth-order valence-corrected chi connectivity index (χ4v) is 1.97. The molecule has 3 N–H and O–H groups in total. The van der Waals surface area contributed by atoms with Gasteiger partial charge in [0.05, 0.1) is 6.04 Å². The van der Waals surface area contributed by atoms with Crippen LogP contribution in [0.1, 0.15) is 11.1 Å². The van der Waals surface area contributed by atoms with Gasteiger partial charge in [0.25, 0.3) is 0 Å². The first kappa shape index (κ1) is 11.0. The molecule has 4 nitrogen and oxygen atoms in total. The van der Waals surface area contributed by atoms with E-state index in [0.717, 1.165) is 11.3 Å². The van der Waals surface area contributed by atoms with Crippen molar-refractivity contribution in [3.05, 3.63) is 29.3 Å². The van der Waals surface area contributed by atoms with Crippen molar-refractivity contribution in [2.75, 3.05) is 18.0 Å². The molecule has 0 aliphatic carbocycles. The van der Waals surface area contributed by atoms with Crippen molar-refractivity contribution in [2.45, 2.75) is 19.9 Å². The summed E-state index contributed by atoms with van der Waals surface area (Å²) >= 11 is 0. The van der Waals surface area contributed by atoms with E-state index in [1.165, 1.54) is 5.56 Å². The van der Waals surface area contributed by atoms with Crippen LogP contribution in [0.2, 0.25) is 0 Å². The van der Waals surface area contributed by atoms with E-state index in [1.54, 1.807) is 4.90 Å². The molecular weight excluding hydrogens is 202 g/mol. The molecule has 0 aromatic heterocycles. The van der Waals surface area contributed by atoms with Crippen molar-refractivity contribution in [1.29, 1.82) is 0 Å². The minimum Gasteiger partial charge on any atom is -0.332 e. The predicted molar refractivity (Wildman–Crippen MR) is 64.6 cm³/mol. The zero-order chi connectivity index (χ0) is 11.7. The topological polar surface area (TPSA) is 58.4 Å². The Labute approximate surface area is 95.4 Å². The van der Waals surface area contributed by atoms with E-state index in [2.05, 4.69) is 5.32 Å². The molecule has 86 valence electrons. The number of hydrogen-bond donors (Lipinski definition) is 2. The highest BCUT2D eigenvalue weighted by molar-refractivity contribution is 5.95. The smallest absolute Gasteiger partial charge is 0.322 e. The number of amides is 2. The number of benzene rings is 1. The quantitative estimate of drug-likeness (QED) is 0.784. The lowest BCUT2D eigenvalue weighted by Gasteiger charge is -2.18. The second kappa shape index (κ2) is 4.14. The molecule has 1 aliphatic rings. The van der Waals surface area contributed by atoms with Gasteiger partial charge in [0.1, 0.15) is 0 Å². The van der Waals surface area contributed by atoms with Crippen molar-refractivity contribution in [3.8, 4) is 0 Å². The van der Waals surface area contributed by atoms with Gasteiger partial charge in [0, 0.05) is 18.8 Å². The first-order valence-corrected chi connectivity index (χ1v) is 5.48. The zero-order valence-electron chi connectivity index (χ0n) is 9.66. The van der Waals surface area contributed by atoms with E-state index in [0.29, 0.717) is 13.1 Å². The molecule has 1 aromatic carbocycles. The minimum absolute atomic E-state index is 0.0517. The lowest BCUT2D eigenvalue weighted by atomic mass is 10.1. The summed E-state index contributed by atoms with van der Waals surface area (Å²) in [5.74, 6) is 0. The third kappa shape index (κ3) is 1.76. The van der Waals surface area contributed by atoms with Gasteiger partial charge in [0.15, 0.2) is 0 Å². The van der Waals surface area contributed by atoms with Crippen molar-refractivity contribution in [3.63, 3.8) is 0 Å². The van der Waals surface area contributed by atoms with Crippen molar-refractivity contribution in [1.82, 2.24) is 5.32 Å². The van der Waals surface area contributed by atoms with E-state index in [-0.39, 0.29) is 12.1 Å². The third-order valence-electron chi connectivity index (χ3n) is 3.13. The predicted octanol–water partition coefficient (Wildman–Crippen LogP) is 1.16. The Hall–Kier alpha value is -1.55. The molecular formula is C12H17N3O. The summed E-state index contributed by atoms with van der Waals surface area (Å²) in [6.07, 6.45) is 0. The Balaban J connectivity index is 2.31. The van der Waals surface area contributed by atoms with E-state index in [1.807, 2.05) is 32.0 Å². The van der Waals surface area contributed by atoms with Gasteiger partial charge >= 0.3 is 6.03 Å². The van der Waals surface area contributed by atoms with Crippen molar-refractivity contribution < 1.29 is 4.79 Å². The van der Waals surface area contributed by atoms with E-state index in [4.69, 9.17) is 5.73 Å². The standard InChI is InChI=1S/C12H17N3O/c1-8-4-3-5-11(9(8)2)15-7-10(6-13)14-12(15)16/h3-5,10H,6-7,13H2,1-2H3,(H,14,16). The van der Waals surface area contributed by atoms with Crippen LogP contribution in [0, 0.1) is 13.8 Å². The molecule has 0 radical (unpaired) electrons. The molecule has 0 spiro atoms. The molecule has 1 saturated heterocycles. The minimum atomic E-state index is -0.0517. The van der Waals surface area contributed by atoms with Crippen LogP contribution in [0.3, 0.4) is 0 Å². The zero-order valence-corrected chi connectivity index (χ0v) is 9.66. The highest BCUT2D eigenvalue weighted by atomic mass is 16.2. The average molecular weight is 219 g/mol. The molecule has 1 heterocycles. The summed E-state index contributed by atoms with van der Waals surface area (Å²) in [5, 5.41) is 2.86. The highest BCUT2D eigenvalue weighted by Crippen LogP contribution is 2.24. The molecule has 1 aromatic rings. The Morgan fingerprint density at radius 2 is 2.25 bits per heavy atom. The number of nitrogens with zero attached hydrogens (tertiary/aromatic N) is 1. The molecule has 0 saturated carbocycles. The summed E-state index contributed by atoms with van der Waals surface area (Å²) in [6, 6.07) is 6.01. The number of aryl methyl sites for hydroxylation is 1. The summed E-state index contributed by atoms with van der Waals surface area (Å²) in [6.45, 7) is 5.22. The van der Waals surface area contributed by atoms with Gasteiger partial charge in [-0.3, -0.25) is 4.90 Å². The number of carbonyl (C=O) groups excluding carboxylic acids is 1. The maximum absolute atomic E-state index is 11.8. The lowest BCUT2D eigenvalue weighted by Crippen LogP contribution is -2.33. The number of urea groups is 1. The van der Waals surface area contributed by atoms with Crippen LogP contribution < -0.4 is 16.0 Å². The van der Waals surface area contributed by atoms with Gasteiger partial charge in [-0.15, -0.1) is 0 Å². The lowest BCUT2D eigenvalue weighted by molar-refractivity contribution is 0.251. The van der Waals surface area contributed by atoms with Gasteiger partial charge in [-0.05, 0) is 31.0 Å². The van der Waals surface area contributed by atoms with Crippen molar-refractivity contribution in [2.24, 2.45) is 5.73 Å². The number of nitrogens with one attached hydrogen (secondary N) is 1. The van der Waals surface area contributed by atoms with Gasteiger partial charge in [-0.1, -0.05) is 12.1 Å². The number of nitrogens with two attached hydrogens (primary N) is 1. The Morgan fingerprint density at radius 1 is 1.50 bits per heavy atom. The second-order valence-corrected chi connectivity index (χ2v) is 4.21. The summed E-state index contributed by atoms with van der Waals surface area (Å²) in [5.41, 5.74) is 8.89. The third-order valence-corrected chi connectivity index (χ3v) is 3.13. The summed E-state index contributed by atoms with van der Waals surface area (Å²) in [4.78, 5) is 13.5. The molecule has 4 heteroatoms. The van der Waals surface area contributed by atoms with Crippen LogP contribution in [-0.2, 0) is 0 Å². The van der Waals surface area contributed by atoms with E-state index in [9.17, 15) is 4.79 Å². The molecule has 2 rings (SSSR count). The number of rotatable bonds is 2. The molecule has 1 aliphatic heterocycles. The largest absolute Gasteiger partial charge is 0.332 e. The van der Waals surface area contributed by atoms with Gasteiger partial charge in [-0.2, -0.15) is 0 Å². The molecule has 0 bridgehead atoms. The normalized spacial score (nSPS) is 20.1. The fourth-order valence-electron chi connectivity index (χ4n) is 1.97. The summed E-state index contributed by atoms with van der Waals surface area (Å²) in [7, 11) is 0. The van der Waals surface area contributed by atoms with E-state index < -0.39 is 0 Å². The van der Waals surface area contributed by atoms with Gasteiger partial charge < -0.3 is 11.1 Å². The van der Waals surface area contributed by atoms with Crippen LogP contribution >= 0.6 is 0 Å². The molecule has 16 heavy (non-hydrogen) atoms. The highest BCUT2D eigenvalue weighted by Gasteiger charge is 2.29. The van der Waals surface area contributed by atoms with Crippen LogP contribution in [0.5, 0.6) is 0 Å². The van der Waals surface area contributed by atoms with Crippen LogP contribution in [0.15, 0.2) is 18.2 Å². The molecule has 2 amide bonds. The van der Waals surface area contributed by atoms with E-state index >= 15 is 0 Å². The van der Waals surface area contributed by atoms with Gasteiger partial charge in [-0.25, -0.2) is 4.79 Å².